The largest absolute Gasteiger partial charge is 0.497 e. The molecule has 1 fully saturated rings. The van der Waals surface area contributed by atoms with E-state index in [4.69, 9.17) is 4.74 Å². The number of carbonyl (C=O) groups excluding carboxylic acids is 1. The molecule has 2 heterocycles. The van der Waals surface area contributed by atoms with Crippen LogP contribution in [0.1, 0.15) is 5.56 Å². The smallest absolute Gasteiger partial charge is 0.317 e. The predicted octanol–water partition coefficient (Wildman–Crippen LogP) is 1.58. The van der Waals surface area contributed by atoms with E-state index >= 15 is 0 Å². The molecular formula is C15H19N5O2S. The number of nitrogens with zero attached hydrogens (tertiary/aromatic N) is 4. The first-order valence-electron chi connectivity index (χ1n) is 7.44. The van der Waals surface area contributed by atoms with Gasteiger partial charge >= 0.3 is 6.03 Å². The third-order valence-corrected chi connectivity index (χ3v) is 4.31. The molecule has 2 aromatic rings. The van der Waals surface area contributed by atoms with Gasteiger partial charge in [-0.05, 0) is 17.7 Å². The second-order valence-electron chi connectivity index (χ2n) is 5.25. The fourth-order valence-corrected chi connectivity index (χ4v) is 2.91. The maximum Gasteiger partial charge on any atom is 0.317 e. The van der Waals surface area contributed by atoms with Gasteiger partial charge in [-0.25, -0.2) is 4.79 Å². The van der Waals surface area contributed by atoms with Crippen molar-refractivity contribution in [1.82, 2.24) is 19.0 Å². The van der Waals surface area contributed by atoms with E-state index < -0.39 is 0 Å². The molecule has 0 atom stereocenters. The highest BCUT2D eigenvalue weighted by atomic mass is 32.1. The number of rotatable bonds is 4. The summed E-state index contributed by atoms with van der Waals surface area (Å²) in [4.78, 5) is 16.2. The average Bonchev–Trinajstić information content (AvgIpc) is 3.15. The number of hydrogen-bond donors (Lipinski definition) is 1. The first-order chi connectivity index (χ1) is 11.3. The van der Waals surface area contributed by atoms with E-state index in [1.54, 1.807) is 13.3 Å². The normalized spacial score (nSPS) is 14.7. The Balaban J connectivity index is 1.45. The van der Waals surface area contributed by atoms with Crippen LogP contribution in [0.2, 0.25) is 0 Å². The van der Waals surface area contributed by atoms with Gasteiger partial charge in [-0.1, -0.05) is 12.1 Å². The highest BCUT2D eigenvalue weighted by molar-refractivity contribution is 6.99. The molecule has 23 heavy (non-hydrogen) atoms. The molecule has 8 heteroatoms. The van der Waals surface area contributed by atoms with Crippen molar-refractivity contribution >= 4 is 23.6 Å². The topological polar surface area (TPSA) is 70.6 Å². The first kappa shape index (κ1) is 15.5. The summed E-state index contributed by atoms with van der Waals surface area (Å²) >= 11 is 1.21. The molecule has 1 aromatic carbocycles. The van der Waals surface area contributed by atoms with Crippen LogP contribution in [-0.4, -0.2) is 53.0 Å². The lowest BCUT2D eigenvalue weighted by atomic mass is 10.2. The van der Waals surface area contributed by atoms with Crippen molar-refractivity contribution < 1.29 is 9.53 Å². The summed E-state index contributed by atoms with van der Waals surface area (Å²) < 4.78 is 13.4. The number of ether oxygens (including phenoxy) is 1. The maximum atomic E-state index is 12.2. The van der Waals surface area contributed by atoms with E-state index in [1.807, 2.05) is 29.2 Å². The Bertz CT molecular complexity index is 624. The number of urea groups is 1. The zero-order valence-corrected chi connectivity index (χ0v) is 13.8. The van der Waals surface area contributed by atoms with Crippen LogP contribution >= 0.6 is 11.7 Å². The van der Waals surface area contributed by atoms with Crippen molar-refractivity contribution in [3.8, 4) is 5.75 Å². The first-order valence-corrected chi connectivity index (χ1v) is 8.17. The number of amides is 2. The van der Waals surface area contributed by atoms with Gasteiger partial charge in [-0.15, -0.1) is 0 Å². The molecule has 1 N–H and O–H groups in total. The van der Waals surface area contributed by atoms with Gasteiger partial charge in [0.15, 0.2) is 5.82 Å². The van der Waals surface area contributed by atoms with Crippen LogP contribution in [0.15, 0.2) is 30.5 Å². The van der Waals surface area contributed by atoms with Gasteiger partial charge in [0.2, 0.25) is 0 Å². The molecular weight excluding hydrogens is 314 g/mol. The quantitative estimate of drug-likeness (QED) is 0.920. The number of methoxy groups -OCH3 is 1. The molecule has 1 saturated heterocycles. The molecule has 0 spiro atoms. The minimum Gasteiger partial charge on any atom is -0.497 e. The fourth-order valence-electron chi connectivity index (χ4n) is 2.47. The summed E-state index contributed by atoms with van der Waals surface area (Å²) in [7, 11) is 1.64. The van der Waals surface area contributed by atoms with E-state index in [0.29, 0.717) is 19.6 Å². The Hall–Kier alpha value is -2.35. The molecule has 0 radical (unpaired) electrons. The maximum absolute atomic E-state index is 12.2. The van der Waals surface area contributed by atoms with Gasteiger partial charge in [0, 0.05) is 32.7 Å². The van der Waals surface area contributed by atoms with Crippen LogP contribution in [0.3, 0.4) is 0 Å². The third kappa shape index (κ3) is 3.89. The second-order valence-corrected chi connectivity index (χ2v) is 5.80. The summed E-state index contributed by atoms with van der Waals surface area (Å²) in [5.41, 5.74) is 1.05. The molecule has 122 valence electrons. The van der Waals surface area contributed by atoms with Crippen LogP contribution in [0.25, 0.3) is 0 Å². The summed E-state index contributed by atoms with van der Waals surface area (Å²) in [6.45, 7) is 3.44. The summed E-state index contributed by atoms with van der Waals surface area (Å²) in [5.74, 6) is 1.71. The molecule has 0 unspecified atom stereocenters. The molecule has 3 rings (SSSR count). The van der Waals surface area contributed by atoms with E-state index in [2.05, 4.69) is 19.0 Å². The molecule has 7 nitrogen and oxygen atoms in total. The van der Waals surface area contributed by atoms with Gasteiger partial charge in [-0.2, -0.15) is 8.75 Å². The van der Waals surface area contributed by atoms with Gasteiger partial charge in [0.1, 0.15) is 5.75 Å². The standard InChI is InChI=1S/C15H19N5O2S/c1-22-13-4-2-12(3-5-13)10-16-15(21)20-8-6-19(7-9-20)14-11-17-23-18-14/h2-5,11H,6-10H2,1H3,(H,16,21). The Kier molecular flexibility index (Phi) is 4.92. The van der Waals surface area contributed by atoms with Crippen LogP contribution in [-0.2, 0) is 6.54 Å². The Labute approximate surface area is 139 Å². The van der Waals surface area contributed by atoms with E-state index in [-0.39, 0.29) is 6.03 Å². The van der Waals surface area contributed by atoms with Crippen molar-refractivity contribution in [3.05, 3.63) is 36.0 Å². The van der Waals surface area contributed by atoms with E-state index in [1.165, 1.54) is 11.7 Å². The van der Waals surface area contributed by atoms with Crippen molar-refractivity contribution in [2.75, 3.05) is 38.2 Å². The molecule has 1 aromatic heterocycles. The van der Waals surface area contributed by atoms with Gasteiger partial charge < -0.3 is 19.9 Å². The Morgan fingerprint density at radius 3 is 2.61 bits per heavy atom. The van der Waals surface area contributed by atoms with Crippen molar-refractivity contribution in [3.63, 3.8) is 0 Å². The van der Waals surface area contributed by atoms with Crippen LogP contribution in [0.4, 0.5) is 10.6 Å². The Morgan fingerprint density at radius 2 is 2.00 bits per heavy atom. The summed E-state index contributed by atoms with van der Waals surface area (Å²) in [6, 6.07) is 7.65. The number of anilines is 1. The zero-order valence-electron chi connectivity index (χ0n) is 12.9. The van der Waals surface area contributed by atoms with Crippen molar-refractivity contribution in [2.45, 2.75) is 6.54 Å². The molecule has 0 saturated carbocycles. The molecule has 1 aliphatic heterocycles. The molecule has 1 aliphatic rings. The van der Waals surface area contributed by atoms with Gasteiger partial charge in [-0.3, -0.25) is 0 Å². The summed E-state index contributed by atoms with van der Waals surface area (Å²) in [5, 5.41) is 2.96. The number of hydrogen-bond acceptors (Lipinski definition) is 6. The highest BCUT2D eigenvalue weighted by Crippen LogP contribution is 2.14. The van der Waals surface area contributed by atoms with Crippen LogP contribution < -0.4 is 15.0 Å². The minimum atomic E-state index is -0.0307. The Morgan fingerprint density at radius 1 is 1.26 bits per heavy atom. The highest BCUT2D eigenvalue weighted by Gasteiger charge is 2.22. The molecule has 0 aliphatic carbocycles. The minimum absolute atomic E-state index is 0.0307. The lowest BCUT2D eigenvalue weighted by Crippen LogP contribution is -2.51. The molecule has 2 amide bonds. The SMILES string of the molecule is COc1ccc(CNC(=O)N2CCN(c3cnsn3)CC2)cc1. The van der Waals surface area contributed by atoms with E-state index in [9.17, 15) is 4.79 Å². The van der Waals surface area contributed by atoms with Crippen molar-refractivity contribution in [1.29, 1.82) is 0 Å². The average molecular weight is 333 g/mol. The third-order valence-electron chi connectivity index (χ3n) is 3.84. The number of benzene rings is 1. The zero-order chi connectivity index (χ0) is 16.1. The van der Waals surface area contributed by atoms with Gasteiger partial charge in [0.05, 0.1) is 25.0 Å². The lowest BCUT2D eigenvalue weighted by Gasteiger charge is -2.34. The van der Waals surface area contributed by atoms with Gasteiger partial charge in [0.25, 0.3) is 0 Å². The number of aromatic nitrogens is 2. The lowest BCUT2D eigenvalue weighted by molar-refractivity contribution is 0.194. The second kappa shape index (κ2) is 7.28. The van der Waals surface area contributed by atoms with E-state index in [0.717, 1.165) is 30.2 Å². The monoisotopic (exact) mass is 333 g/mol. The fraction of sp³-hybridized carbons (Fsp3) is 0.400. The predicted molar refractivity (Wildman–Crippen MR) is 88.9 cm³/mol. The molecule has 0 bridgehead atoms. The van der Waals surface area contributed by atoms with Crippen LogP contribution in [0, 0.1) is 0 Å². The summed E-state index contributed by atoms with van der Waals surface area (Å²) in [6.07, 6.45) is 1.77. The number of piperazine rings is 1. The van der Waals surface area contributed by atoms with Crippen molar-refractivity contribution in [2.24, 2.45) is 0 Å². The number of carbonyl (C=O) groups is 1. The number of nitrogens with one attached hydrogen (secondary N) is 1. The van der Waals surface area contributed by atoms with Crippen LogP contribution in [0.5, 0.6) is 5.75 Å².